The van der Waals surface area contributed by atoms with Gasteiger partial charge in [-0.15, -0.1) is 0 Å². The molecule has 0 bridgehead atoms. The Bertz CT molecular complexity index is 1120. The normalized spacial score (nSPS) is 12.1. The topological polar surface area (TPSA) is 73.1 Å². The summed E-state index contributed by atoms with van der Waals surface area (Å²) in [6.07, 6.45) is 1.74. The molecule has 0 spiro atoms. The zero-order chi connectivity index (χ0) is 19.7. The van der Waals surface area contributed by atoms with Gasteiger partial charge in [0.1, 0.15) is 17.3 Å². The highest BCUT2D eigenvalue weighted by Crippen LogP contribution is 2.32. The lowest BCUT2D eigenvalue weighted by molar-refractivity contribution is 0.406. The van der Waals surface area contributed by atoms with Gasteiger partial charge in [0.05, 0.1) is 13.2 Å². The van der Waals surface area contributed by atoms with Crippen LogP contribution in [0.4, 0.5) is 5.82 Å². The van der Waals surface area contributed by atoms with Gasteiger partial charge in [-0.2, -0.15) is 0 Å². The molecule has 0 saturated heterocycles. The monoisotopic (exact) mass is 374 g/mol. The average molecular weight is 374 g/mol. The molecule has 3 aromatic heterocycles. The fourth-order valence-corrected chi connectivity index (χ4v) is 3.09. The highest BCUT2D eigenvalue weighted by atomic mass is 16.5. The maximum absolute atomic E-state index is 6.07. The Kier molecular flexibility index (Phi) is 4.69. The minimum atomic E-state index is -0.0818. The van der Waals surface area contributed by atoms with Gasteiger partial charge in [-0.1, -0.05) is 18.2 Å². The number of benzene rings is 1. The maximum atomic E-state index is 6.07. The molecule has 4 aromatic rings. The van der Waals surface area contributed by atoms with Crippen LogP contribution < -0.4 is 10.1 Å². The zero-order valence-corrected chi connectivity index (χ0v) is 16.4. The third-order valence-corrected chi connectivity index (χ3v) is 4.81. The summed E-state index contributed by atoms with van der Waals surface area (Å²) in [6.45, 7) is 6.03. The third-order valence-electron chi connectivity index (χ3n) is 4.81. The van der Waals surface area contributed by atoms with E-state index in [0.717, 1.165) is 45.2 Å². The van der Waals surface area contributed by atoms with Crippen LogP contribution in [0.1, 0.15) is 30.0 Å². The van der Waals surface area contributed by atoms with Crippen molar-refractivity contribution >= 4 is 16.8 Å². The Morgan fingerprint density at radius 3 is 2.68 bits per heavy atom. The Hall–Kier alpha value is -3.41. The molecule has 0 fully saturated rings. The summed E-state index contributed by atoms with van der Waals surface area (Å²) >= 11 is 0. The summed E-state index contributed by atoms with van der Waals surface area (Å²) in [5.74, 6) is 2.91. The van der Waals surface area contributed by atoms with Crippen molar-refractivity contribution in [2.24, 2.45) is 0 Å². The van der Waals surface area contributed by atoms with E-state index in [4.69, 9.17) is 14.1 Å². The Morgan fingerprint density at radius 2 is 1.93 bits per heavy atom. The second-order valence-electron chi connectivity index (χ2n) is 6.71. The number of aryl methyl sites for hydroxylation is 1. The predicted molar refractivity (Wildman–Crippen MR) is 110 cm³/mol. The number of para-hydroxylation sites is 1. The minimum absolute atomic E-state index is 0.0818. The number of nitrogens with one attached hydrogen (secondary N) is 1. The first-order valence-electron chi connectivity index (χ1n) is 9.16. The average Bonchev–Trinajstić information content (AvgIpc) is 3.16. The molecule has 1 N–H and O–H groups in total. The van der Waals surface area contributed by atoms with E-state index in [1.54, 1.807) is 13.3 Å². The van der Waals surface area contributed by atoms with Crippen molar-refractivity contribution in [2.45, 2.75) is 26.8 Å². The number of ether oxygens (including phenoxy) is 1. The van der Waals surface area contributed by atoms with Crippen LogP contribution in [0.2, 0.25) is 0 Å². The summed E-state index contributed by atoms with van der Waals surface area (Å²) in [7, 11) is 1.64. The molecule has 0 saturated carbocycles. The van der Waals surface area contributed by atoms with E-state index in [9.17, 15) is 0 Å². The van der Waals surface area contributed by atoms with Crippen molar-refractivity contribution in [3.63, 3.8) is 0 Å². The number of furan rings is 1. The molecular formula is C22H22N4O2. The van der Waals surface area contributed by atoms with Gasteiger partial charge in [-0.05, 0) is 45.0 Å². The number of methoxy groups -OCH3 is 1. The van der Waals surface area contributed by atoms with Crippen LogP contribution in [0, 0.1) is 13.8 Å². The van der Waals surface area contributed by atoms with Crippen LogP contribution in [0.3, 0.4) is 0 Å². The van der Waals surface area contributed by atoms with Crippen LogP contribution in [0.25, 0.3) is 22.5 Å². The number of aromatic nitrogens is 3. The highest BCUT2D eigenvalue weighted by molar-refractivity contribution is 5.83. The lowest BCUT2D eigenvalue weighted by Gasteiger charge is -2.16. The highest BCUT2D eigenvalue weighted by Gasteiger charge is 2.17. The molecule has 28 heavy (non-hydrogen) atoms. The Labute approximate surface area is 163 Å². The molecule has 142 valence electrons. The summed E-state index contributed by atoms with van der Waals surface area (Å²) in [5, 5.41) is 4.47. The van der Waals surface area contributed by atoms with Crippen LogP contribution in [-0.4, -0.2) is 22.1 Å². The van der Waals surface area contributed by atoms with Crippen molar-refractivity contribution < 1.29 is 9.15 Å². The zero-order valence-electron chi connectivity index (χ0n) is 16.4. The Morgan fingerprint density at radius 1 is 1.07 bits per heavy atom. The van der Waals surface area contributed by atoms with Crippen molar-refractivity contribution in [3.05, 3.63) is 65.7 Å². The summed E-state index contributed by atoms with van der Waals surface area (Å²) < 4.78 is 11.5. The molecule has 1 atom stereocenters. The summed E-state index contributed by atoms with van der Waals surface area (Å²) in [5.41, 5.74) is 3.41. The van der Waals surface area contributed by atoms with E-state index in [1.807, 2.05) is 63.2 Å². The van der Waals surface area contributed by atoms with Gasteiger partial charge < -0.3 is 14.5 Å². The molecule has 3 heterocycles. The van der Waals surface area contributed by atoms with Crippen LogP contribution in [0.5, 0.6) is 5.75 Å². The van der Waals surface area contributed by atoms with E-state index in [0.29, 0.717) is 5.82 Å². The van der Waals surface area contributed by atoms with Crippen LogP contribution in [0.15, 0.2) is 53.1 Å². The first-order chi connectivity index (χ1) is 13.6. The Balaban J connectivity index is 1.68. The molecule has 1 aromatic carbocycles. The molecule has 6 nitrogen and oxygen atoms in total. The first-order valence-corrected chi connectivity index (χ1v) is 9.16. The predicted octanol–water partition coefficient (Wildman–Crippen LogP) is 5.08. The quantitative estimate of drug-likeness (QED) is 0.525. The van der Waals surface area contributed by atoms with E-state index in [1.165, 1.54) is 0 Å². The van der Waals surface area contributed by atoms with Crippen molar-refractivity contribution in [2.75, 3.05) is 12.4 Å². The number of fused-ring (bicyclic) bond motifs is 1. The van der Waals surface area contributed by atoms with Gasteiger partial charge in [0, 0.05) is 22.8 Å². The molecule has 1 unspecified atom stereocenters. The van der Waals surface area contributed by atoms with Crippen molar-refractivity contribution in [1.29, 1.82) is 0 Å². The number of rotatable bonds is 5. The minimum Gasteiger partial charge on any atom is -0.493 e. The third kappa shape index (κ3) is 3.29. The molecule has 0 aliphatic rings. The fraction of sp³-hybridized carbons (Fsp3) is 0.227. The molecule has 0 amide bonds. The number of hydrogen-bond donors (Lipinski definition) is 1. The standard InChI is InChI=1S/C22H22N4O2/c1-13-14(2)24-22(17-9-5-6-11-23-17)26-21(13)25-15(3)19-12-16-8-7-10-18(27-4)20(16)28-19/h5-12,15H,1-4H3,(H,24,25,26). The molecule has 0 aliphatic heterocycles. The number of pyridine rings is 1. The smallest absolute Gasteiger partial charge is 0.180 e. The maximum Gasteiger partial charge on any atom is 0.180 e. The van der Waals surface area contributed by atoms with E-state index < -0.39 is 0 Å². The van der Waals surface area contributed by atoms with Gasteiger partial charge in [0.2, 0.25) is 0 Å². The second kappa shape index (κ2) is 7.31. The lowest BCUT2D eigenvalue weighted by Crippen LogP contribution is -2.11. The van der Waals surface area contributed by atoms with Gasteiger partial charge in [-0.25, -0.2) is 9.97 Å². The largest absolute Gasteiger partial charge is 0.493 e. The molecule has 6 heteroatoms. The molecule has 4 rings (SSSR count). The van der Waals surface area contributed by atoms with E-state index >= 15 is 0 Å². The molecular weight excluding hydrogens is 352 g/mol. The first kappa shape index (κ1) is 18.0. The summed E-state index contributed by atoms with van der Waals surface area (Å²) in [6, 6.07) is 13.5. The second-order valence-corrected chi connectivity index (χ2v) is 6.71. The van der Waals surface area contributed by atoms with Crippen molar-refractivity contribution in [3.8, 4) is 17.3 Å². The number of anilines is 1. The van der Waals surface area contributed by atoms with Gasteiger partial charge >= 0.3 is 0 Å². The fourth-order valence-electron chi connectivity index (χ4n) is 3.09. The van der Waals surface area contributed by atoms with Gasteiger partial charge in [0.15, 0.2) is 17.2 Å². The SMILES string of the molecule is COc1cccc2cc(C(C)Nc3nc(-c4ccccn4)nc(C)c3C)oc12. The summed E-state index contributed by atoms with van der Waals surface area (Å²) in [4.78, 5) is 13.7. The lowest BCUT2D eigenvalue weighted by atomic mass is 10.2. The number of nitrogens with zero attached hydrogens (tertiary/aromatic N) is 3. The van der Waals surface area contributed by atoms with E-state index in [-0.39, 0.29) is 6.04 Å². The van der Waals surface area contributed by atoms with E-state index in [2.05, 4.69) is 15.3 Å². The van der Waals surface area contributed by atoms with Gasteiger partial charge in [0.25, 0.3) is 0 Å². The van der Waals surface area contributed by atoms with Crippen molar-refractivity contribution in [1.82, 2.24) is 15.0 Å². The molecule has 0 aliphatic carbocycles. The molecule has 0 radical (unpaired) electrons. The van der Waals surface area contributed by atoms with Gasteiger partial charge in [-0.3, -0.25) is 4.98 Å². The van der Waals surface area contributed by atoms with Crippen LogP contribution in [-0.2, 0) is 0 Å². The number of hydrogen-bond acceptors (Lipinski definition) is 6. The van der Waals surface area contributed by atoms with Crippen LogP contribution >= 0.6 is 0 Å².